The van der Waals surface area contributed by atoms with Gasteiger partial charge in [-0.15, -0.1) is 0 Å². The van der Waals surface area contributed by atoms with Crippen LogP contribution in [0.25, 0.3) is 16.8 Å². The van der Waals surface area contributed by atoms with Gasteiger partial charge in [-0.3, -0.25) is 0 Å². The number of benzene rings is 2. The van der Waals surface area contributed by atoms with Crippen molar-refractivity contribution in [3.63, 3.8) is 0 Å². The van der Waals surface area contributed by atoms with Crippen molar-refractivity contribution in [2.45, 2.75) is 30.8 Å². The van der Waals surface area contributed by atoms with E-state index in [1.54, 1.807) is 0 Å². The van der Waals surface area contributed by atoms with E-state index in [0.29, 0.717) is 0 Å². The number of rotatable bonds is 2. The molecule has 0 spiro atoms. The molecule has 2 aromatic carbocycles. The Kier molecular flexibility index (Phi) is 3.21. The quantitative estimate of drug-likeness (QED) is 0.781. The number of hydrogen-bond donors (Lipinski definition) is 0. The third-order valence-corrected chi connectivity index (χ3v) is 4.79. The van der Waals surface area contributed by atoms with Crippen molar-refractivity contribution >= 4 is 27.1 Å². The van der Waals surface area contributed by atoms with Crippen LogP contribution in [0.3, 0.4) is 0 Å². The minimum Gasteiger partial charge on any atom is -0.355 e. The van der Waals surface area contributed by atoms with E-state index in [-0.39, 0.29) is 6.10 Å². The van der Waals surface area contributed by atoms with Gasteiger partial charge in [0.15, 0.2) is 0 Å². The van der Waals surface area contributed by atoms with Crippen LogP contribution in [0.15, 0.2) is 42.5 Å². The number of ether oxygens (including phenoxy) is 2. The summed E-state index contributed by atoms with van der Waals surface area (Å²) in [6, 6.07) is 12.8. The minimum atomic E-state index is -0.651. The smallest absolute Gasteiger partial charge is 0.145 e. The average Bonchev–Trinajstić information content (AvgIpc) is 2.51. The Hall–Kier alpha value is -1.42. The summed E-state index contributed by atoms with van der Waals surface area (Å²) in [6.07, 6.45) is 7.32. The summed E-state index contributed by atoms with van der Waals surface area (Å²) in [5.41, 5.74) is 1.83. The molecule has 1 aliphatic carbocycles. The Labute approximate surface area is 128 Å². The molecule has 0 amide bonds. The van der Waals surface area contributed by atoms with Gasteiger partial charge in [-0.05, 0) is 41.2 Å². The lowest BCUT2D eigenvalue weighted by Crippen LogP contribution is -2.40. The monoisotopic (exact) mass is 293 g/mol. The largest absolute Gasteiger partial charge is 0.355 e. The van der Waals surface area contributed by atoms with Crippen LogP contribution in [0.5, 0.6) is 0 Å². The molecule has 0 bridgehead atoms. The van der Waals surface area contributed by atoms with Crippen LogP contribution in [-0.2, 0) is 9.47 Å². The first kappa shape index (κ1) is 13.3. The zero-order valence-electron chi connectivity index (χ0n) is 11.8. The van der Waals surface area contributed by atoms with Gasteiger partial charge in [0.1, 0.15) is 21.8 Å². The Morgan fingerprint density at radius 2 is 2.00 bits per heavy atom. The van der Waals surface area contributed by atoms with Crippen molar-refractivity contribution in [1.29, 1.82) is 0 Å². The van der Waals surface area contributed by atoms with Crippen LogP contribution in [0, 0.1) is 0 Å². The fraction of sp³-hybridized carbons (Fsp3) is 0.333. The van der Waals surface area contributed by atoms with Crippen molar-refractivity contribution in [1.82, 2.24) is 0 Å². The van der Waals surface area contributed by atoms with Gasteiger partial charge in [0, 0.05) is 6.61 Å². The molecule has 1 aliphatic heterocycles. The molecule has 2 unspecified atom stereocenters. The Bertz CT molecular complexity index is 696. The van der Waals surface area contributed by atoms with E-state index in [9.17, 15) is 0 Å². The molecule has 1 fully saturated rings. The zero-order chi connectivity index (χ0) is 14.3. The molecule has 2 atom stereocenters. The fourth-order valence-electron chi connectivity index (χ4n) is 3.24. The lowest BCUT2D eigenvalue weighted by molar-refractivity contribution is -0.214. The SMILES string of the molecule is [Si]C1(OC2C=Cc3cccc4cccc2c34)CCCCO1. The molecule has 21 heavy (non-hydrogen) atoms. The second-order valence-corrected chi connectivity index (χ2v) is 6.51. The highest BCUT2D eigenvalue weighted by molar-refractivity contribution is 6.13. The van der Waals surface area contributed by atoms with E-state index >= 15 is 0 Å². The molecule has 4 rings (SSSR count). The molecule has 1 saturated heterocycles. The van der Waals surface area contributed by atoms with Crippen LogP contribution in [0.1, 0.15) is 36.5 Å². The van der Waals surface area contributed by atoms with Gasteiger partial charge in [0.05, 0.1) is 0 Å². The van der Waals surface area contributed by atoms with Crippen molar-refractivity contribution in [2.24, 2.45) is 0 Å². The molecule has 2 nitrogen and oxygen atoms in total. The van der Waals surface area contributed by atoms with Gasteiger partial charge in [-0.25, -0.2) is 0 Å². The average molecular weight is 293 g/mol. The van der Waals surface area contributed by atoms with Gasteiger partial charge < -0.3 is 9.47 Å². The molecule has 105 valence electrons. The summed E-state index contributed by atoms with van der Waals surface area (Å²) in [7, 11) is 3.70. The highest BCUT2D eigenvalue weighted by Gasteiger charge is 2.32. The predicted octanol–water partition coefficient (Wildman–Crippen LogP) is 3.95. The molecule has 2 aromatic rings. The molecule has 1 heterocycles. The molecule has 2 aliphatic rings. The van der Waals surface area contributed by atoms with Crippen molar-refractivity contribution in [2.75, 3.05) is 6.61 Å². The summed E-state index contributed by atoms with van der Waals surface area (Å²) in [6.45, 7) is 0.751. The predicted molar refractivity (Wildman–Crippen MR) is 85.1 cm³/mol. The molecule has 0 N–H and O–H groups in total. The first-order valence-electron chi connectivity index (χ1n) is 7.52. The van der Waals surface area contributed by atoms with Gasteiger partial charge >= 0.3 is 0 Å². The van der Waals surface area contributed by atoms with Gasteiger partial charge in [0.25, 0.3) is 0 Å². The summed E-state index contributed by atoms with van der Waals surface area (Å²) in [4.78, 5) is 0. The van der Waals surface area contributed by atoms with Crippen LogP contribution in [0.4, 0.5) is 0 Å². The van der Waals surface area contributed by atoms with Crippen LogP contribution in [-0.4, -0.2) is 22.3 Å². The summed E-state index contributed by atoms with van der Waals surface area (Å²) >= 11 is 0. The first-order valence-corrected chi connectivity index (χ1v) is 8.02. The maximum absolute atomic E-state index is 6.27. The maximum Gasteiger partial charge on any atom is 0.145 e. The van der Waals surface area contributed by atoms with E-state index in [0.717, 1.165) is 25.9 Å². The van der Waals surface area contributed by atoms with E-state index in [1.165, 1.54) is 21.9 Å². The van der Waals surface area contributed by atoms with Crippen molar-refractivity contribution in [3.05, 3.63) is 53.6 Å². The van der Waals surface area contributed by atoms with Crippen LogP contribution < -0.4 is 0 Å². The minimum absolute atomic E-state index is 0.0702. The molecular formula is C18H17O2Si. The fourth-order valence-corrected chi connectivity index (χ4v) is 3.65. The highest BCUT2D eigenvalue weighted by Crippen LogP contribution is 2.38. The van der Waals surface area contributed by atoms with Crippen LogP contribution in [0.2, 0.25) is 0 Å². The van der Waals surface area contributed by atoms with Gasteiger partial charge in [-0.1, -0.05) is 48.6 Å². The van der Waals surface area contributed by atoms with Crippen LogP contribution >= 0.6 is 0 Å². The maximum atomic E-state index is 6.27. The van der Waals surface area contributed by atoms with Crippen molar-refractivity contribution < 1.29 is 9.47 Å². The first-order chi connectivity index (χ1) is 10.3. The lowest BCUT2D eigenvalue weighted by atomic mass is 9.91. The topological polar surface area (TPSA) is 18.5 Å². The Morgan fingerprint density at radius 1 is 1.14 bits per heavy atom. The summed E-state index contributed by atoms with van der Waals surface area (Å²) < 4.78 is 12.1. The Balaban J connectivity index is 1.73. The highest BCUT2D eigenvalue weighted by atomic mass is 28.1. The van der Waals surface area contributed by atoms with E-state index < -0.39 is 5.41 Å². The van der Waals surface area contributed by atoms with E-state index in [4.69, 9.17) is 9.47 Å². The lowest BCUT2D eigenvalue weighted by Gasteiger charge is -2.37. The second kappa shape index (κ2) is 5.09. The van der Waals surface area contributed by atoms with Gasteiger partial charge in [0.2, 0.25) is 0 Å². The molecule has 3 radical (unpaired) electrons. The normalized spacial score (nSPS) is 28.0. The Morgan fingerprint density at radius 3 is 2.81 bits per heavy atom. The van der Waals surface area contributed by atoms with E-state index in [2.05, 4.69) is 58.8 Å². The third-order valence-electron chi connectivity index (χ3n) is 4.28. The summed E-state index contributed by atoms with van der Waals surface area (Å²) in [5.74, 6) is 0. The second-order valence-electron chi connectivity index (χ2n) is 5.75. The molecule has 0 aromatic heterocycles. The standard InChI is InChI=1S/C18H17O2Si/c21-18(11-1-2-12-19-18)20-16-10-9-14-6-3-5-13-7-4-8-15(16)17(13)14/h3-10,16H,1-2,11-12H2. The van der Waals surface area contributed by atoms with E-state index in [1.807, 2.05) is 0 Å². The molecule has 3 heteroatoms. The number of hydrogen-bond acceptors (Lipinski definition) is 2. The van der Waals surface area contributed by atoms with Crippen molar-refractivity contribution in [3.8, 4) is 0 Å². The molecule has 0 saturated carbocycles. The third kappa shape index (κ3) is 2.35. The molecular weight excluding hydrogens is 276 g/mol. The summed E-state index contributed by atoms with van der Waals surface area (Å²) in [5, 5.41) is 2.55. The zero-order valence-corrected chi connectivity index (χ0v) is 12.8. The van der Waals surface area contributed by atoms with Gasteiger partial charge in [-0.2, -0.15) is 0 Å².